The smallest absolute Gasteiger partial charge is 0.128 e. The Morgan fingerprint density at radius 1 is 1.33 bits per heavy atom. The van der Waals surface area contributed by atoms with Crippen LogP contribution in [0.2, 0.25) is 10.0 Å². The van der Waals surface area contributed by atoms with Crippen molar-refractivity contribution in [2.75, 3.05) is 13.1 Å². The lowest BCUT2D eigenvalue weighted by Crippen LogP contribution is -2.28. The van der Waals surface area contributed by atoms with E-state index in [2.05, 4.69) is 5.32 Å². The first kappa shape index (κ1) is 11.2. The van der Waals surface area contributed by atoms with Crippen molar-refractivity contribution in [2.24, 2.45) is 0 Å². The van der Waals surface area contributed by atoms with Crippen molar-refractivity contribution in [3.05, 3.63) is 33.8 Å². The van der Waals surface area contributed by atoms with Crippen molar-refractivity contribution in [3.63, 3.8) is 0 Å². The molecule has 0 amide bonds. The molecule has 82 valence electrons. The lowest BCUT2D eigenvalue weighted by molar-refractivity contribution is 0.190. The van der Waals surface area contributed by atoms with E-state index in [0.29, 0.717) is 35.0 Å². The van der Waals surface area contributed by atoms with E-state index in [0.717, 1.165) is 6.54 Å². The minimum atomic E-state index is -1.20. The molecule has 1 aromatic carbocycles. The fourth-order valence-electron chi connectivity index (χ4n) is 1.88. The molecular weight excluding hydrogens is 236 g/mol. The number of halogens is 3. The molecule has 1 aliphatic heterocycles. The Balaban J connectivity index is 2.23. The van der Waals surface area contributed by atoms with Crippen molar-refractivity contribution in [1.82, 2.24) is 5.32 Å². The molecule has 1 aliphatic rings. The summed E-state index contributed by atoms with van der Waals surface area (Å²) in [5, 5.41) is 4.11. The number of hydrogen-bond acceptors (Lipinski definition) is 1. The maximum Gasteiger partial charge on any atom is 0.128 e. The quantitative estimate of drug-likeness (QED) is 0.847. The van der Waals surface area contributed by atoms with Gasteiger partial charge in [-0.15, -0.1) is 0 Å². The van der Waals surface area contributed by atoms with Crippen molar-refractivity contribution < 1.29 is 4.39 Å². The minimum Gasteiger partial charge on any atom is -0.313 e. The standard InChI is InChI=1S/C11H12Cl2FN/c12-9-2-1-3-10(13)8(9)6-11(14)4-5-15-7-11/h1-3,15H,4-7H2. The number of rotatable bonds is 2. The summed E-state index contributed by atoms with van der Waals surface area (Å²) in [6, 6.07) is 5.26. The third-order valence-electron chi connectivity index (χ3n) is 2.75. The number of benzene rings is 1. The molecule has 1 nitrogen and oxygen atoms in total. The number of alkyl halides is 1. The summed E-state index contributed by atoms with van der Waals surface area (Å²) in [6.07, 6.45) is 0.813. The summed E-state index contributed by atoms with van der Waals surface area (Å²) >= 11 is 12.0. The zero-order valence-corrected chi connectivity index (χ0v) is 9.71. The molecular formula is C11H12Cl2FN. The molecule has 1 saturated heterocycles. The van der Waals surface area contributed by atoms with Crippen LogP contribution in [-0.2, 0) is 6.42 Å². The molecule has 1 heterocycles. The van der Waals surface area contributed by atoms with Crippen LogP contribution in [0.25, 0.3) is 0 Å². The fraction of sp³-hybridized carbons (Fsp3) is 0.455. The first-order valence-electron chi connectivity index (χ1n) is 4.93. The first-order valence-corrected chi connectivity index (χ1v) is 5.69. The van der Waals surface area contributed by atoms with Gasteiger partial charge in [-0.3, -0.25) is 0 Å². The zero-order valence-electron chi connectivity index (χ0n) is 8.19. The van der Waals surface area contributed by atoms with Crippen LogP contribution in [0.1, 0.15) is 12.0 Å². The zero-order chi connectivity index (χ0) is 10.9. The van der Waals surface area contributed by atoms with E-state index in [1.165, 1.54) is 0 Å². The second-order valence-corrected chi connectivity index (χ2v) is 4.77. The van der Waals surface area contributed by atoms with Gasteiger partial charge in [0.15, 0.2) is 0 Å². The molecule has 0 bridgehead atoms. The van der Waals surface area contributed by atoms with Gasteiger partial charge in [-0.1, -0.05) is 29.3 Å². The second-order valence-electron chi connectivity index (χ2n) is 3.95. The van der Waals surface area contributed by atoms with E-state index in [9.17, 15) is 4.39 Å². The molecule has 0 aliphatic carbocycles. The maximum absolute atomic E-state index is 14.2. The van der Waals surface area contributed by atoms with E-state index in [-0.39, 0.29) is 0 Å². The average molecular weight is 248 g/mol. The lowest BCUT2D eigenvalue weighted by atomic mass is 9.95. The number of nitrogens with one attached hydrogen (secondary N) is 1. The van der Waals surface area contributed by atoms with Gasteiger partial charge in [-0.05, 0) is 30.7 Å². The van der Waals surface area contributed by atoms with Gasteiger partial charge in [0.2, 0.25) is 0 Å². The van der Waals surface area contributed by atoms with E-state index in [4.69, 9.17) is 23.2 Å². The predicted molar refractivity (Wildman–Crippen MR) is 61.5 cm³/mol. The van der Waals surface area contributed by atoms with Crippen LogP contribution in [0.5, 0.6) is 0 Å². The molecule has 0 saturated carbocycles. The summed E-state index contributed by atoms with van der Waals surface area (Å²) in [7, 11) is 0. The molecule has 0 aromatic heterocycles. The van der Waals surface area contributed by atoms with Gasteiger partial charge in [-0.25, -0.2) is 4.39 Å². The van der Waals surface area contributed by atoms with Gasteiger partial charge in [0.25, 0.3) is 0 Å². The molecule has 4 heteroatoms. The molecule has 0 spiro atoms. The van der Waals surface area contributed by atoms with Crippen LogP contribution in [0.4, 0.5) is 4.39 Å². The van der Waals surface area contributed by atoms with E-state index in [1.807, 2.05) is 0 Å². The summed E-state index contributed by atoms with van der Waals surface area (Å²) in [5.41, 5.74) is -0.485. The third kappa shape index (κ3) is 2.44. The van der Waals surface area contributed by atoms with Gasteiger partial charge < -0.3 is 5.32 Å². The van der Waals surface area contributed by atoms with Crippen molar-refractivity contribution in [2.45, 2.75) is 18.5 Å². The van der Waals surface area contributed by atoms with Gasteiger partial charge >= 0.3 is 0 Å². The van der Waals surface area contributed by atoms with Crippen LogP contribution < -0.4 is 5.32 Å². The van der Waals surface area contributed by atoms with Crippen molar-refractivity contribution in [3.8, 4) is 0 Å². The van der Waals surface area contributed by atoms with Crippen LogP contribution in [-0.4, -0.2) is 18.8 Å². The summed E-state index contributed by atoms with van der Waals surface area (Å²) in [5.74, 6) is 0. The topological polar surface area (TPSA) is 12.0 Å². The fourth-order valence-corrected chi connectivity index (χ4v) is 2.41. The van der Waals surface area contributed by atoms with Crippen LogP contribution >= 0.6 is 23.2 Å². The van der Waals surface area contributed by atoms with Crippen molar-refractivity contribution in [1.29, 1.82) is 0 Å². The van der Waals surface area contributed by atoms with Gasteiger partial charge in [-0.2, -0.15) is 0 Å². The Hall–Kier alpha value is -0.310. The highest BCUT2D eigenvalue weighted by atomic mass is 35.5. The minimum absolute atomic E-state index is 0.290. The lowest BCUT2D eigenvalue weighted by Gasteiger charge is -2.19. The van der Waals surface area contributed by atoms with E-state index in [1.54, 1.807) is 18.2 Å². The average Bonchev–Trinajstić information content (AvgIpc) is 2.60. The SMILES string of the molecule is FC1(Cc2c(Cl)cccc2Cl)CCNC1. The molecule has 1 atom stereocenters. The van der Waals surface area contributed by atoms with Crippen molar-refractivity contribution >= 4 is 23.2 Å². The Bertz CT molecular complexity index is 341. The molecule has 1 N–H and O–H groups in total. The third-order valence-corrected chi connectivity index (χ3v) is 3.46. The molecule has 1 aromatic rings. The summed E-state index contributed by atoms with van der Waals surface area (Å²) in [6.45, 7) is 1.10. The molecule has 2 rings (SSSR count). The van der Waals surface area contributed by atoms with E-state index >= 15 is 0 Å². The normalized spacial score (nSPS) is 25.8. The summed E-state index contributed by atoms with van der Waals surface area (Å²) in [4.78, 5) is 0. The highest BCUT2D eigenvalue weighted by molar-refractivity contribution is 6.36. The highest BCUT2D eigenvalue weighted by Crippen LogP contribution is 2.32. The summed E-state index contributed by atoms with van der Waals surface area (Å²) < 4.78 is 14.2. The molecule has 1 fully saturated rings. The van der Waals surface area contributed by atoms with Gasteiger partial charge in [0.1, 0.15) is 5.67 Å². The number of hydrogen-bond donors (Lipinski definition) is 1. The molecule has 1 unspecified atom stereocenters. The van der Waals surface area contributed by atoms with Gasteiger partial charge in [0.05, 0.1) is 0 Å². The molecule has 15 heavy (non-hydrogen) atoms. The van der Waals surface area contributed by atoms with Gasteiger partial charge in [0, 0.05) is 23.0 Å². The van der Waals surface area contributed by atoms with E-state index < -0.39 is 5.67 Å². The monoisotopic (exact) mass is 247 g/mol. The first-order chi connectivity index (χ1) is 7.11. The molecule has 0 radical (unpaired) electrons. The largest absolute Gasteiger partial charge is 0.313 e. The maximum atomic E-state index is 14.2. The second kappa shape index (κ2) is 4.28. The Kier molecular flexibility index (Phi) is 3.19. The van der Waals surface area contributed by atoms with Crippen LogP contribution in [0, 0.1) is 0 Å². The van der Waals surface area contributed by atoms with Crippen LogP contribution in [0.3, 0.4) is 0 Å². The highest BCUT2D eigenvalue weighted by Gasteiger charge is 2.34. The Labute approximate surface area is 98.6 Å². The predicted octanol–water partition coefficient (Wildman–Crippen LogP) is 3.24. The Morgan fingerprint density at radius 2 is 2.00 bits per heavy atom. The van der Waals surface area contributed by atoms with Crippen LogP contribution in [0.15, 0.2) is 18.2 Å². The Morgan fingerprint density at radius 3 is 2.53 bits per heavy atom.